The molecule has 0 unspecified atom stereocenters. The number of esters is 2. The summed E-state index contributed by atoms with van der Waals surface area (Å²) < 4.78 is 10.3. The smallest absolute Gasteiger partial charge is 0.326 e. The van der Waals surface area contributed by atoms with Crippen LogP contribution in [0.2, 0.25) is 0 Å². The maximum atomic E-state index is 12.2. The Morgan fingerprint density at radius 3 is 2.45 bits per heavy atom. The number of aliphatic hydroxyl groups excluding tert-OH is 1. The Hall–Kier alpha value is -1.14. The molecule has 0 radical (unpaired) electrons. The first-order valence-electron chi connectivity index (χ1n) is 6.92. The molecule has 0 aromatic rings. The van der Waals surface area contributed by atoms with Crippen molar-refractivity contribution in [2.75, 3.05) is 20.2 Å². The van der Waals surface area contributed by atoms with Crippen molar-refractivity contribution in [2.24, 2.45) is 5.92 Å². The second-order valence-corrected chi connectivity index (χ2v) is 6.72. The van der Waals surface area contributed by atoms with Crippen molar-refractivity contribution >= 4 is 11.9 Å². The van der Waals surface area contributed by atoms with Gasteiger partial charge in [0.05, 0.1) is 19.1 Å². The Bertz CT molecular complexity index is 416. The summed E-state index contributed by atoms with van der Waals surface area (Å²) in [4.78, 5) is 26.1. The fourth-order valence-corrected chi connectivity index (χ4v) is 3.24. The monoisotopic (exact) mass is 285 g/mol. The predicted octanol–water partition coefficient (Wildman–Crippen LogP) is 0.326. The first kappa shape index (κ1) is 15.3. The average Bonchev–Trinajstić information content (AvgIpc) is 2.79. The number of carbonyl (C=O) groups excluding carboxylic acids is 2. The van der Waals surface area contributed by atoms with E-state index in [-0.39, 0.29) is 17.9 Å². The second kappa shape index (κ2) is 5.00. The van der Waals surface area contributed by atoms with Crippen LogP contribution in [0.1, 0.15) is 33.6 Å². The Morgan fingerprint density at radius 1 is 1.25 bits per heavy atom. The molecule has 2 heterocycles. The van der Waals surface area contributed by atoms with Gasteiger partial charge in [0, 0.05) is 19.5 Å². The highest BCUT2D eigenvalue weighted by atomic mass is 16.6. The zero-order valence-corrected chi connectivity index (χ0v) is 12.5. The molecule has 0 aliphatic carbocycles. The number of nitrogens with zero attached hydrogens (tertiary/aromatic N) is 1. The summed E-state index contributed by atoms with van der Waals surface area (Å²) >= 11 is 0. The minimum atomic E-state index is -0.865. The number of hydrogen-bond donors (Lipinski definition) is 1. The molecular formula is C14H23NO5. The molecule has 0 aromatic carbocycles. The van der Waals surface area contributed by atoms with Crippen LogP contribution >= 0.6 is 0 Å². The Kier molecular flexibility index (Phi) is 3.81. The van der Waals surface area contributed by atoms with Crippen molar-refractivity contribution in [1.82, 2.24) is 4.90 Å². The zero-order valence-electron chi connectivity index (χ0n) is 12.5. The molecule has 20 heavy (non-hydrogen) atoms. The molecule has 6 heteroatoms. The van der Waals surface area contributed by atoms with E-state index in [1.54, 1.807) is 0 Å². The van der Waals surface area contributed by atoms with Crippen LogP contribution in [-0.4, -0.2) is 59.4 Å². The van der Waals surface area contributed by atoms with Gasteiger partial charge < -0.3 is 14.6 Å². The van der Waals surface area contributed by atoms with Gasteiger partial charge in [-0.05, 0) is 27.2 Å². The van der Waals surface area contributed by atoms with Crippen molar-refractivity contribution < 1.29 is 24.2 Å². The molecular weight excluding hydrogens is 262 g/mol. The lowest BCUT2D eigenvalue weighted by atomic mass is 9.89. The summed E-state index contributed by atoms with van der Waals surface area (Å²) in [7, 11) is 1.33. The number of methoxy groups -OCH3 is 1. The van der Waals surface area contributed by atoms with Crippen LogP contribution in [-0.2, 0) is 19.1 Å². The Labute approximate surface area is 119 Å². The lowest BCUT2D eigenvalue weighted by Gasteiger charge is -2.27. The van der Waals surface area contributed by atoms with Crippen LogP contribution in [0.15, 0.2) is 0 Å². The van der Waals surface area contributed by atoms with Gasteiger partial charge in [0.1, 0.15) is 11.1 Å². The molecule has 2 aliphatic heterocycles. The van der Waals surface area contributed by atoms with E-state index in [9.17, 15) is 14.7 Å². The highest BCUT2D eigenvalue weighted by Gasteiger charge is 2.59. The normalized spacial score (nSPS) is 33.9. The number of fused-ring (bicyclic) bond motifs is 1. The number of β-amino-alcohol motifs (C(OH)–C–C–N with tert-alkyl or cyclic N) is 1. The molecule has 0 spiro atoms. The third-order valence-electron chi connectivity index (χ3n) is 3.94. The fourth-order valence-electron chi connectivity index (χ4n) is 3.24. The molecule has 2 saturated heterocycles. The minimum absolute atomic E-state index is 0.287. The quantitative estimate of drug-likeness (QED) is 0.737. The third-order valence-corrected chi connectivity index (χ3v) is 3.94. The van der Waals surface area contributed by atoms with Gasteiger partial charge in [-0.1, -0.05) is 0 Å². The van der Waals surface area contributed by atoms with Crippen molar-refractivity contribution in [1.29, 1.82) is 0 Å². The summed E-state index contributed by atoms with van der Waals surface area (Å²) in [6.45, 7) is 6.29. The molecule has 2 fully saturated rings. The minimum Gasteiger partial charge on any atom is -0.468 e. The van der Waals surface area contributed by atoms with Crippen molar-refractivity contribution in [3.8, 4) is 0 Å². The maximum absolute atomic E-state index is 12.2. The van der Waals surface area contributed by atoms with E-state index in [2.05, 4.69) is 0 Å². The van der Waals surface area contributed by atoms with E-state index < -0.39 is 17.2 Å². The summed E-state index contributed by atoms with van der Waals surface area (Å²) in [6.07, 6.45) is 0.124. The number of aliphatic hydroxyl groups is 1. The molecule has 2 aliphatic rings. The van der Waals surface area contributed by atoms with Crippen LogP contribution in [0.5, 0.6) is 0 Å². The van der Waals surface area contributed by atoms with Crippen molar-refractivity contribution in [3.05, 3.63) is 0 Å². The van der Waals surface area contributed by atoms with Gasteiger partial charge in [-0.2, -0.15) is 0 Å². The summed E-state index contributed by atoms with van der Waals surface area (Å²) in [5, 5.41) is 9.79. The Morgan fingerprint density at radius 2 is 1.90 bits per heavy atom. The first-order valence-corrected chi connectivity index (χ1v) is 6.92. The maximum Gasteiger partial charge on any atom is 0.326 e. The lowest BCUT2D eigenvalue weighted by molar-refractivity contribution is -0.159. The van der Waals surface area contributed by atoms with E-state index >= 15 is 0 Å². The SMILES string of the molecule is COC(=O)[C@]12C[C@@H](O)CN1C[C@@H](C(=O)OC(C)(C)C)C2. The summed E-state index contributed by atoms with van der Waals surface area (Å²) in [5.74, 6) is -1.01. The largest absolute Gasteiger partial charge is 0.468 e. The standard InChI is InChI=1S/C14H23NO5/c1-13(2,3)20-11(17)9-5-14(12(18)19-4)6-10(16)8-15(14)7-9/h9-10,16H,5-8H2,1-4H3/t9-,10+,14-/m0/s1. The molecule has 3 atom stereocenters. The first-order chi connectivity index (χ1) is 9.18. The average molecular weight is 285 g/mol. The van der Waals surface area contributed by atoms with Gasteiger partial charge in [0.15, 0.2) is 0 Å². The van der Waals surface area contributed by atoms with E-state index in [1.807, 2.05) is 25.7 Å². The fraction of sp³-hybridized carbons (Fsp3) is 0.857. The van der Waals surface area contributed by atoms with Crippen LogP contribution in [0, 0.1) is 5.92 Å². The van der Waals surface area contributed by atoms with E-state index in [1.165, 1.54) is 7.11 Å². The van der Waals surface area contributed by atoms with Crippen LogP contribution in [0.4, 0.5) is 0 Å². The van der Waals surface area contributed by atoms with Crippen LogP contribution in [0.3, 0.4) is 0 Å². The van der Waals surface area contributed by atoms with Crippen LogP contribution < -0.4 is 0 Å². The molecule has 2 rings (SSSR count). The number of rotatable bonds is 2. The number of carbonyl (C=O) groups is 2. The predicted molar refractivity (Wildman–Crippen MR) is 70.9 cm³/mol. The van der Waals surface area contributed by atoms with Gasteiger partial charge in [-0.3, -0.25) is 14.5 Å². The zero-order chi connectivity index (χ0) is 15.1. The van der Waals surface area contributed by atoms with Gasteiger partial charge in [0.2, 0.25) is 0 Å². The van der Waals surface area contributed by atoms with E-state index in [4.69, 9.17) is 9.47 Å². The van der Waals surface area contributed by atoms with E-state index in [0.29, 0.717) is 25.9 Å². The van der Waals surface area contributed by atoms with Crippen LogP contribution in [0.25, 0.3) is 0 Å². The highest BCUT2D eigenvalue weighted by Crippen LogP contribution is 2.43. The van der Waals surface area contributed by atoms with Gasteiger partial charge in [-0.15, -0.1) is 0 Å². The van der Waals surface area contributed by atoms with E-state index in [0.717, 1.165) is 0 Å². The molecule has 1 N–H and O–H groups in total. The molecule has 6 nitrogen and oxygen atoms in total. The topological polar surface area (TPSA) is 76.1 Å². The Balaban J connectivity index is 2.13. The second-order valence-electron chi connectivity index (χ2n) is 6.72. The van der Waals surface area contributed by atoms with Gasteiger partial charge >= 0.3 is 11.9 Å². The number of hydrogen-bond acceptors (Lipinski definition) is 6. The van der Waals surface area contributed by atoms with Crippen molar-refractivity contribution in [3.63, 3.8) is 0 Å². The molecule has 0 bridgehead atoms. The molecule has 0 amide bonds. The third kappa shape index (κ3) is 2.67. The highest BCUT2D eigenvalue weighted by molar-refractivity contribution is 5.84. The molecule has 114 valence electrons. The number of ether oxygens (including phenoxy) is 2. The molecule has 0 aromatic heterocycles. The van der Waals surface area contributed by atoms with Crippen molar-refractivity contribution in [2.45, 2.75) is 50.9 Å². The summed E-state index contributed by atoms with van der Waals surface area (Å²) in [5.41, 5.74) is -1.40. The van der Waals surface area contributed by atoms with Gasteiger partial charge in [-0.25, -0.2) is 0 Å². The molecule has 0 saturated carbocycles. The summed E-state index contributed by atoms with van der Waals surface area (Å²) in [6, 6.07) is 0. The lowest BCUT2D eigenvalue weighted by Crippen LogP contribution is -2.46. The van der Waals surface area contributed by atoms with Gasteiger partial charge in [0.25, 0.3) is 0 Å².